The highest BCUT2D eigenvalue weighted by molar-refractivity contribution is 5.23. The molecule has 1 rings (SSSR count). The summed E-state index contributed by atoms with van der Waals surface area (Å²) in [5.74, 6) is 0. The Morgan fingerprint density at radius 2 is 2.18 bits per heavy atom. The fourth-order valence-corrected chi connectivity index (χ4v) is 1.29. The Balaban J connectivity index is 2.77. The van der Waals surface area contributed by atoms with E-state index in [1.165, 1.54) is 0 Å². The molecular weight excluding hydrogens is 138 g/mol. The molecule has 11 heavy (non-hydrogen) atoms. The van der Waals surface area contributed by atoms with E-state index in [0.717, 1.165) is 0 Å². The second-order valence-corrected chi connectivity index (χ2v) is 2.90. The summed E-state index contributed by atoms with van der Waals surface area (Å²) < 4.78 is 5.38. The third-order valence-electron chi connectivity index (χ3n) is 2.21. The summed E-state index contributed by atoms with van der Waals surface area (Å²) in [5, 5.41) is 3.18. The smallest absolute Gasteiger partial charge is 0.102 e. The van der Waals surface area contributed by atoms with Crippen molar-refractivity contribution in [3.05, 3.63) is 24.3 Å². The number of hydrogen-bond acceptors (Lipinski definition) is 2. The van der Waals surface area contributed by atoms with Crippen molar-refractivity contribution >= 4 is 0 Å². The standard InChI is InChI=1S/C9H15NO/c1-9(11-3)7-5-4-6-8(9)10-2/h4-8,10H,1-3H3. The van der Waals surface area contributed by atoms with Crippen molar-refractivity contribution in [2.24, 2.45) is 0 Å². The van der Waals surface area contributed by atoms with Crippen LogP contribution < -0.4 is 5.32 Å². The maximum atomic E-state index is 5.38. The first-order valence-corrected chi connectivity index (χ1v) is 3.81. The van der Waals surface area contributed by atoms with Gasteiger partial charge in [0, 0.05) is 7.11 Å². The minimum Gasteiger partial charge on any atom is -0.372 e. The van der Waals surface area contributed by atoms with Crippen molar-refractivity contribution in [1.82, 2.24) is 5.32 Å². The molecule has 1 N–H and O–H groups in total. The molecule has 0 aromatic carbocycles. The number of hydrogen-bond donors (Lipinski definition) is 1. The van der Waals surface area contributed by atoms with Gasteiger partial charge >= 0.3 is 0 Å². The molecule has 0 heterocycles. The predicted octanol–water partition coefficient (Wildman–Crippen LogP) is 1.11. The molecule has 2 unspecified atom stereocenters. The van der Waals surface area contributed by atoms with E-state index in [-0.39, 0.29) is 11.6 Å². The van der Waals surface area contributed by atoms with Crippen molar-refractivity contribution in [3.8, 4) is 0 Å². The quantitative estimate of drug-likeness (QED) is 0.641. The van der Waals surface area contributed by atoms with Gasteiger partial charge in [0.2, 0.25) is 0 Å². The van der Waals surface area contributed by atoms with Crippen LogP contribution in [0.2, 0.25) is 0 Å². The first kappa shape index (κ1) is 8.50. The summed E-state index contributed by atoms with van der Waals surface area (Å²) in [7, 11) is 3.67. The lowest BCUT2D eigenvalue weighted by molar-refractivity contribution is 0.0294. The lowest BCUT2D eigenvalue weighted by Gasteiger charge is -2.33. The van der Waals surface area contributed by atoms with Gasteiger partial charge in [-0.2, -0.15) is 0 Å². The van der Waals surface area contributed by atoms with Gasteiger partial charge in [0.1, 0.15) is 5.60 Å². The highest BCUT2D eigenvalue weighted by Crippen LogP contribution is 2.20. The molecule has 0 aliphatic heterocycles. The number of allylic oxidation sites excluding steroid dienone is 2. The van der Waals surface area contributed by atoms with Crippen LogP contribution >= 0.6 is 0 Å². The topological polar surface area (TPSA) is 21.3 Å². The van der Waals surface area contributed by atoms with E-state index in [2.05, 4.69) is 24.4 Å². The first-order chi connectivity index (χ1) is 5.23. The van der Waals surface area contributed by atoms with E-state index in [0.29, 0.717) is 0 Å². The zero-order valence-electron chi connectivity index (χ0n) is 7.29. The Morgan fingerprint density at radius 3 is 2.64 bits per heavy atom. The molecule has 0 aromatic rings. The molecule has 1 aliphatic carbocycles. The molecule has 1 aliphatic rings. The Kier molecular flexibility index (Phi) is 2.47. The maximum Gasteiger partial charge on any atom is 0.102 e. The van der Waals surface area contributed by atoms with Gasteiger partial charge in [-0.05, 0) is 14.0 Å². The molecule has 0 saturated carbocycles. The van der Waals surface area contributed by atoms with Crippen LogP contribution in [0.15, 0.2) is 24.3 Å². The summed E-state index contributed by atoms with van der Waals surface area (Å²) >= 11 is 0. The summed E-state index contributed by atoms with van der Waals surface area (Å²) in [6.07, 6.45) is 8.21. The van der Waals surface area contributed by atoms with E-state index in [1.807, 2.05) is 19.2 Å². The fourth-order valence-electron chi connectivity index (χ4n) is 1.29. The SMILES string of the molecule is CNC1C=CC=CC1(C)OC. The van der Waals surface area contributed by atoms with Gasteiger partial charge in [0.25, 0.3) is 0 Å². The van der Waals surface area contributed by atoms with Crippen molar-refractivity contribution in [3.63, 3.8) is 0 Å². The van der Waals surface area contributed by atoms with Gasteiger partial charge in [-0.15, -0.1) is 0 Å². The molecule has 2 heteroatoms. The van der Waals surface area contributed by atoms with Crippen molar-refractivity contribution < 1.29 is 4.74 Å². The van der Waals surface area contributed by atoms with E-state index in [4.69, 9.17) is 4.74 Å². The molecule has 0 fully saturated rings. The number of rotatable bonds is 2. The molecule has 0 amide bonds. The molecule has 0 aromatic heterocycles. The van der Waals surface area contributed by atoms with Crippen LogP contribution in [0, 0.1) is 0 Å². The number of likely N-dealkylation sites (N-methyl/N-ethyl adjacent to an activating group) is 1. The van der Waals surface area contributed by atoms with E-state index >= 15 is 0 Å². The largest absolute Gasteiger partial charge is 0.372 e. The van der Waals surface area contributed by atoms with Crippen LogP contribution in [0.3, 0.4) is 0 Å². The Morgan fingerprint density at radius 1 is 1.45 bits per heavy atom. The van der Waals surface area contributed by atoms with Crippen LogP contribution in [0.5, 0.6) is 0 Å². The number of nitrogens with one attached hydrogen (secondary N) is 1. The van der Waals surface area contributed by atoms with Crippen LogP contribution in [-0.2, 0) is 4.74 Å². The lowest BCUT2D eigenvalue weighted by atomic mass is 9.92. The predicted molar refractivity (Wildman–Crippen MR) is 46.5 cm³/mol. The number of ether oxygens (including phenoxy) is 1. The zero-order chi connectivity index (χ0) is 8.32. The molecule has 0 radical (unpaired) electrons. The minimum absolute atomic E-state index is 0.191. The minimum atomic E-state index is -0.191. The normalized spacial score (nSPS) is 36.1. The van der Waals surface area contributed by atoms with Gasteiger partial charge in [-0.3, -0.25) is 0 Å². The van der Waals surface area contributed by atoms with Gasteiger partial charge in [-0.25, -0.2) is 0 Å². The molecule has 2 atom stereocenters. The van der Waals surface area contributed by atoms with Gasteiger partial charge in [0.15, 0.2) is 0 Å². The summed E-state index contributed by atoms with van der Waals surface area (Å²) in [6.45, 7) is 2.06. The zero-order valence-corrected chi connectivity index (χ0v) is 7.29. The van der Waals surface area contributed by atoms with E-state index in [1.54, 1.807) is 7.11 Å². The fraction of sp³-hybridized carbons (Fsp3) is 0.556. The van der Waals surface area contributed by atoms with Crippen LogP contribution in [0.25, 0.3) is 0 Å². The van der Waals surface area contributed by atoms with Crippen molar-refractivity contribution in [2.45, 2.75) is 18.6 Å². The second-order valence-electron chi connectivity index (χ2n) is 2.90. The summed E-state index contributed by atoms with van der Waals surface area (Å²) in [5.41, 5.74) is -0.191. The van der Waals surface area contributed by atoms with Crippen molar-refractivity contribution in [2.75, 3.05) is 14.2 Å². The highest BCUT2D eigenvalue weighted by Gasteiger charge is 2.29. The molecule has 0 saturated heterocycles. The van der Waals surface area contributed by atoms with E-state index in [9.17, 15) is 0 Å². The third kappa shape index (κ3) is 1.52. The number of methoxy groups -OCH3 is 1. The first-order valence-electron chi connectivity index (χ1n) is 3.81. The van der Waals surface area contributed by atoms with E-state index < -0.39 is 0 Å². The molecule has 0 bridgehead atoms. The molecule has 0 spiro atoms. The third-order valence-corrected chi connectivity index (χ3v) is 2.21. The Bertz CT molecular complexity index is 186. The van der Waals surface area contributed by atoms with Crippen molar-refractivity contribution in [1.29, 1.82) is 0 Å². The highest BCUT2D eigenvalue weighted by atomic mass is 16.5. The second kappa shape index (κ2) is 3.20. The Labute approximate surface area is 67.9 Å². The van der Waals surface area contributed by atoms with Crippen LogP contribution in [0.1, 0.15) is 6.92 Å². The molecular formula is C9H15NO. The van der Waals surface area contributed by atoms with Crippen LogP contribution in [0.4, 0.5) is 0 Å². The van der Waals surface area contributed by atoms with Gasteiger partial charge in [0.05, 0.1) is 6.04 Å². The maximum absolute atomic E-state index is 5.38. The lowest BCUT2D eigenvalue weighted by Crippen LogP contribution is -2.47. The average Bonchev–Trinajstić information content (AvgIpc) is 2.05. The average molecular weight is 153 g/mol. The summed E-state index contributed by atoms with van der Waals surface area (Å²) in [6, 6.07) is 0.275. The Hall–Kier alpha value is -0.600. The molecule has 2 nitrogen and oxygen atoms in total. The monoisotopic (exact) mass is 153 g/mol. The van der Waals surface area contributed by atoms with Gasteiger partial charge in [-0.1, -0.05) is 24.3 Å². The van der Waals surface area contributed by atoms with Crippen LogP contribution in [-0.4, -0.2) is 25.8 Å². The van der Waals surface area contributed by atoms with Gasteiger partial charge < -0.3 is 10.1 Å². The molecule has 62 valence electrons. The summed E-state index contributed by atoms with van der Waals surface area (Å²) in [4.78, 5) is 0.